The highest BCUT2D eigenvalue weighted by molar-refractivity contribution is 7.91. The summed E-state index contributed by atoms with van der Waals surface area (Å²) < 4.78 is 52.1. The van der Waals surface area contributed by atoms with E-state index in [0.29, 0.717) is 5.56 Å². The van der Waals surface area contributed by atoms with Crippen LogP contribution < -0.4 is 0 Å². The summed E-state index contributed by atoms with van der Waals surface area (Å²) in [5.41, 5.74) is 0.550. The average Bonchev–Trinajstić information content (AvgIpc) is 2.99. The van der Waals surface area contributed by atoms with Crippen LogP contribution in [0.1, 0.15) is 30.0 Å². The Kier molecular flexibility index (Phi) is 3.43. The van der Waals surface area contributed by atoms with Crippen LogP contribution in [-0.4, -0.2) is 25.3 Å². The van der Waals surface area contributed by atoms with Crippen molar-refractivity contribution in [3.8, 4) is 0 Å². The molecule has 3 rings (SSSR count). The SMILES string of the molecule is [O-][S@+](CF)c1nc2n(n1)[C@H](c1cccc(F)c1)C[C@@H]2F. The fraction of sp³-hybridized carbons (Fsp3) is 0.333. The largest absolute Gasteiger partial charge is 0.607 e. The van der Waals surface area contributed by atoms with E-state index in [9.17, 15) is 17.7 Å². The lowest BCUT2D eigenvalue weighted by molar-refractivity contribution is 0.326. The Hall–Kier alpha value is -1.54. The lowest BCUT2D eigenvalue weighted by Gasteiger charge is -2.11. The second-order valence-corrected chi connectivity index (χ2v) is 5.70. The first-order valence-corrected chi connectivity index (χ1v) is 7.22. The minimum atomic E-state index is -1.99. The number of hydrogen-bond acceptors (Lipinski definition) is 3. The molecule has 106 valence electrons. The molecule has 0 spiro atoms. The van der Waals surface area contributed by atoms with Gasteiger partial charge >= 0.3 is 5.16 Å². The van der Waals surface area contributed by atoms with E-state index in [-0.39, 0.29) is 17.4 Å². The Morgan fingerprint density at radius 3 is 2.95 bits per heavy atom. The minimum Gasteiger partial charge on any atom is -0.607 e. The van der Waals surface area contributed by atoms with Gasteiger partial charge < -0.3 is 4.55 Å². The molecule has 2 heterocycles. The summed E-state index contributed by atoms with van der Waals surface area (Å²) >= 11 is -1.99. The average molecular weight is 301 g/mol. The molecule has 0 aliphatic carbocycles. The third kappa shape index (κ3) is 2.18. The van der Waals surface area contributed by atoms with Crippen molar-refractivity contribution >= 4 is 11.2 Å². The van der Waals surface area contributed by atoms with Crippen molar-refractivity contribution in [3.63, 3.8) is 0 Å². The predicted molar refractivity (Wildman–Crippen MR) is 65.4 cm³/mol. The van der Waals surface area contributed by atoms with Gasteiger partial charge in [-0.1, -0.05) is 12.1 Å². The minimum absolute atomic E-state index is 0.0102. The van der Waals surface area contributed by atoms with Crippen LogP contribution in [0.3, 0.4) is 0 Å². The van der Waals surface area contributed by atoms with Gasteiger partial charge in [0.2, 0.25) is 0 Å². The number of halogens is 3. The van der Waals surface area contributed by atoms with Crippen LogP contribution in [0.4, 0.5) is 13.2 Å². The smallest absolute Gasteiger partial charge is 0.364 e. The van der Waals surface area contributed by atoms with Gasteiger partial charge in [-0.05, 0) is 17.7 Å². The molecule has 20 heavy (non-hydrogen) atoms. The maximum atomic E-state index is 13.9. The third-order valence-corrected chi connectivity index (χ3v) is 3.96. The van der Waals surface area contributed by atoms with Crippen LogP contribution in [0.5, 0.6) is 0 Å². The van der Waals surface area contributed by atoms with Gasteiger partial charge in [-0.2, -0.15) is 9.37 Å². The van der Waals surface area contributed by atoms with Crippen molar-refractivity contribution in [2.45, 2.75) is 23.8 Å². The maximum Gasteiger partial charge on any atom is 0.364 e. The molecular formula is C12H10F3N3OS. The molecule has 0 N–H and O–H groups in total. The summed E-state index contributed by atoms with van der Waals surface area (Å²) in [6.07, 6.45) is -1.30. The van der Waals surface area contributed by atoms with E-state index < -0.39 is 35.2 Å². The highest BCUT2D eigenvalue weighted by Crippen LogP contribution is 2.39. The quantitative estimate of drug-likeness (QED) is 0.818. The van der Waals surface area contributed by atoms with Gasteiger partial charge in [0.15, 0.2) is 12.0 Å². The first-order valence-electron chi connectivity index (χ1n) is 5.90. The van der Waals surface area contributed by atoms with Crippen molar-refractivity contribution in [3.05, 3.63) is 41.5 Å². The van der Waals surface area contributed by atoms with E-state index in [1.165, 1.54) is 22.9 Å². The molecule has 0 bridgehead atoms. The molecule has 1 aromatic carbocycles. The summed E-state index contributed by atoms with van der Waals surface area (Å²) in [4.78, 5) is 3.78. The molecule has 1 aliphatic heterocycles. The molecule has 1 aromatic heterocycles. The van der Waals surface area contributed by atoms with Crippen LogP contribution in [0.15, 0.2) is 29.4 Å². The molecule has 0 saturated carbocycles. The number of aromatic nitrogens is 3. The Labute approximate surface area is 115 Å². The summed E-state index contributed by atoms with van der Waals surface area (Å²) in [6, 6.07) is 4.12. The third-order valence-electron chi connectivity index (χ3n) is 3.18. The van der Waals surface area contributed by atoms with E-state index in [2.05, 4.69) is 10.1 Å². The van der Waals surface area contributed by atoms with Crippen LogP contribution in [-0.2, 0) is 11.2 Å². The second kappa shape index (κ2) is 5.10. The molecule has 0 fully saturated rings. The highest BCUT2D eigenvalue weighted by Gasteiger charge is 2.37. The van der Waals surface area contributed by atoms with Crippen LogP contribution in [0, 0.1) is 5.82 Å². The number of rotatable bonds is 3. The Balaban J connectivity index is 2.00. The summed E-state index contributed by atoms with van der Waals surface area (Å²) in [5, 5.41) is 3.67. The van der Waals surface area contributed by atoms with Crippen LogP contribution >= 0.6 is 0 Å². The molecular weight excluding hydrogens is 291 g/mol. The first kappa shape index (κ1) is 13.4. The highest BCUT2D eigenvalue weighted by atomic mass is 32.2. The Morgan fingerprint density at radius 2 is 2.25 bits per heavy atom. The van der Waals surface area contributed by atoms with Gasteiger partial charge in [0.1, 0.15) is 5.82 Å². The van der Waals surface area contributed by atoms with Gasteiger partial charge in [-0.3, -0.25) is 0 Å². The standard InChI is InChI=1S/C12H10F3N3OS/c13-6-20(19)12-16-11-9(15)5-10(18(11)17-12)7-2-1-3-8(14)4-7/h1-4,9-10H,5-6H2/t9-,10-,20+/m0/s1. The van der Waals surface area contributed by atoms with Crippen molar-refractivity contribution in [2.24, 2.45) is 0 Å². The molecule has 0 radical (unpaired) electrons. The number of fused-ring (bicyclic) bond motifs is 1. The lowest BCUT2D eigenvalue weighted by atomic mass is 10.0. The van der Waals surface area contributed by atoms with Crippen LogP contribution in [0.25, 0.3) is 0 Å². The van der Waals surface area contributed by atoms with Crippen molar-refractivity contribution in [2.75, 3.05) is 6.01 Å². The van der Waals surface area contributed by atoms with Crippen molar-refractivity contribution in [1.29, 1.82) is 0 Å². The second-order valence-electron chi connectivity index (χ2n) is 4.43. The fourth-order valence-corrected chi connectivity index (χ4v) is 2.77. The zero-order valence-electron chi connectivity index (χ0n) is 10.2. The van der Waals surface area contributed by atoms with E-state index in [0.717, 1.165) is 0 Å². The molecule has 1 aliphatic rings. The maximum absolute atomic E-state index is 13.9. The molecule has 0 amide bonds. The van der Waals surface area contributed by atoms with Crippen molar-refractivity contribution in [1.82, 2.24) is 14.8 Å². The predicted octanol–water partition coefficient (Wildman–Crippen LogP) is 2.46. The van der Waals surface area contributed by atoms with E-state index in [4.69, 9.17) is 0 Å². The number of benzene rings is 1. The molecule has 4 nitrogen and oxygen atoms in total. The zero-order chi connectivity index (χ0) is 14.3. The number of alkyl halides is 2. The van der Waals surface area contributed by atoms with Gasteiger partial charge in [0.05, 0.1) is 17.2 Å². The molecule has 3 atom stereocenters. The molecule has 0 saturated heterocycles. The summed E-state index contributed by atoms with van der Waals surface area (Å²) in [5.74, 6) is -0.421. The van der Waals surface area contributed by atoms with E-state index in [1.54, 1.807) is 6.07 Å². The van der Waals surface area contributed by atoms with Gasteiger partial charge in [-0.25, -0.2) is 13.5 Å². The summed E-state index contributed by atoms with van der Waals surface area (Å²) in [6.45, 7) is 0. The van der Waals surface area contributed by atoms with Gasteiger partial charge in [0.25, 0.3) is 6.01 Å². The normalized spacial score (nSPS) is 22.8. The zero-order valence-corrected chi connectivity index (χ0v) is 11.0. The van der Waals surface area contributed by atoms with Crippen molar-refractivity contribution < 1.29 is 17.7 Å². The topological polar surface area (TPSA) is 53.8 Å². The molecule has 0 unspecified atom stereocenters. The number of nitrogens with zero attached hydrogens (tertiary/aromatic N) is 3. The first-order chi connectivity index (χ1) is 9.60. The van der Waals surface area contributed by atoms with Crippen LogP contribution in [0.2, 0.25) is 0 Å². The Bertz CT molecular complexity index is 636. The van der Waals surface area contributed by atoms with E-state index in [1.807, 2.05) is 0 Å². The molecule has 2 aromatic rings. The lowest BCUT2D eigenvalue weighted by Crippen LogP contribution is -2.10. The number of hydrogen-bond donors (Lipinski definition) is 0. The Morgan fingerprint density at radius 1 is 1.45 bits per heavy atom. The van der Waals surface area contributed by atoms with Gasteiger partial charge in [-0.15, -0.1) is 5.10 Å². The molecule has 8 heteroatoms. The van der Waals surface area contributed by atoms with Gasteiger partial charge in [0, 0.05) is 6.42 Å². The summed E-state index contributed by atoms with van der Waals surface area (Å²) in [7, 11) is 0. The fourth-order valence-electron chi connectivity index (χ4n) is 2.30. The monoisotopic (exact) mass is 301 g/mol. The van der Waals surface area contributed by atoms with E-state index >= 15 is 0 Å².